The van der Waals surface area contributed by atoms with E-state index >= 15 is 0 Å². The predicted octanol–water partition coefficient (Wildman–Crippen LogP) is 2.23. The molecular weight excluding hydrogens is 208 g/mol. The molecule has 0 amide bonds. The highest BCUT2D eigenvalue weighted by atomic mass is 17.1. The lowest BCUT2D eigenvalue weighted by Crippen LogP contribution is -2.12. The van der Waals surface area contributed by atoms with Gasteiger partial charge in [0, 0.05) is 5.39 Å². The fourth-order valence-corrected chi connectivity index (χ4v) is 1.48. The second kappa shape index (κ2) is 4.63. The number of rotatable bonds is 3. The molecule has 2 rings (SSSR count). The van der Waals surface area contributed by atoms with Crippen LogP contribution in [0.2, 0.25) is 0 Å². The number of benzene rings is 2. The maximum absolute atomic E-state index is 10.7. The van der Waals surface area contributed by atoms with Gasteiger partial charge >= 0.3 is 5.97 Å². The number of carbonyl (C=O) groups excluding carboxylic acids is 1. The second-order valence-electron chi connectivity index (χ2n) is 3.23. The number of ether oxygens (including phenoxy) is 1. The van der Waals surface area contributed by atoms with Crippen LogP contribution in [0.25, 0.3) is 10.8 Å². The van der Waals surface area contributed by atoms with Gasteiger partial charge in [0.1, 0.15) is 5.75 Å². The third-order valence-electron chi connectivity index (χ3n) is 2.20. The molecule has 4 nitrogen and oxygen atoms in total. The lowest BCUT2D eigenvalue weighted by Gasteiger charge is -2.07. The Balaban J connectivity index is 2.27. The van der Waals surface area contributed by atoms with Crippen molar-refractivity contribution in [1.29, 1.82) is 0 Å². The maximum Gasteiger partial charge on any atom is 0.379 e. The molecule has 4 heteroatoms. The monoisotopic (exact) mass is 218 g/mol. The van der Waals surface area contributed by atoms with Crippen LogP contribution < -0.4 is 4.74 Å². The smallest absolute Gasteiger partial charge is 0.379 e. The fraction of sp³-hybridized carbons (Fsp3) is 0.0833. The summed E-state index contributed by atoms with van der Waals surface area (Å²) in [5.41, 5.74) is 0. The number of hydrogen-bond donors (Lipinski definition) is 1. The quantitative estimate of drug-likeness (QED) is 0.634. The summed E-state index contributed by atoms with van der Waals surface area (Å²) in [7, 11) is 0. The SMILES string of the molecule is O=C(COc1cccc2ccccc12)OO. The number of hydrogen-bond acceptors (Lipinski definition) is 4. The first kappa shape index (κ1) is 10.4. The molecule has 0 saturated carbocycles. The normalized spacial score (nSPS) is 10.1. The molecule has 0 saturated heterocycles. The van der Waals surface area contributed by atoms with Gasteiger partial charge in [-0.3, -0.25) is 4.89 Å². The largest absolute Gasteiger partial charge is 0.481 e. The highest BCUT2D eigenvalue weighted by Crippen LogP contribution is 2.24. The van der Waals surface area contributed by atoms with Crippen molar-refractivity contribution in [3.05, 3.63) is 42.5 Å². The van der Waals surface area contributed by atoms with Crippen molar-refractivity contribution in [2.45, 2.75) is 0 Å². The van der Waals surface area contributed by atoms with Crippen molar-refractivity contribution >= 4 is 16.7 Å². The van der Waals surface area contributed by atoms with E-state index in [1.807, 2.05) is 36.4 Å². The minimum absolute atomic E-state index is 0.315. The van der Waals surface area contributed by atoms with E-state index in [1.54, 1.807) is 6.07 Å². The average molecular weight is 218 g/mol. The molecule has 0 spiro atoms. The topological polar surface area (TPSA) is 55.8 Å². The summed E-state index contributed by atoms with van der Waals surface area (Å²) < 4.78 is 5.24. The van der Waals surface area contributed by atoms with Gasteiger partial charge < -0.3 is 4.74 Å². The molecule has 0 aliphatic rings. The van der Waals surface area contributed by atoms with Crippen LogP contribution in [0.4, 0.5) is 0 Å². The van der Waals surface area contributed by atoms with Crippen LogP contribution in [0.5, 0.6) is 5.75 Å². The fourth-order valence-electron chi connectivity index (χ4n) is 1.48. The van der Waals surface area contributed by atoms with Gasteiger partial charge in [-0.15, -0.1) is 0 Å². The molecule has 0 radical (unpaired) electrons. The van der Waals surface area contributed by atoms with Crippen molar-refractivity contribution < 1.29 is 19.7 Å². The molecule has 0 atom stereocenters. The van der Waals surface area contributed by atoms with Crippen molar-refractivity contribution in [2.75, 3.05) is 6.61 Å². The Morgan fingerprint density at radius 3 is 2.69 bits per heavy atom. The van der Waals surface area contributed by atoms with Crippen molar-refractivity contribution in [2.24, 2.45) is 0 Å². The van der Waals surface area contributed by atoms with Crippen LogP contribution in [0, 0.1) is 0 Å². The van der Waals surface area contributed by atoms with Gasteiger partial charge in [0.25, 0.3) is 0 Å². The van der Waals surface area contributed by atoms with Gasteiger partial charge in [0.2, 0.25) is 0 Å². The molecule has 0 heterocycles. The Labute approximate surface area is 92.0 Å². The van der Waals surface area contributed by atoms with E-state index in [9.17, 15) is 4.79 Å². The van der Waals surface area contributed by atoms with Gasteiger partial charge in [0.15, 0.2) is 6.61 Å². The van der Waals surface area contributed by atoms with Crippen molar-refractivity contribution in [1.82, 2.24) is 0 Å². The number of carbonyl (C=O) groups is 1. The lowest BCUT2D eigenvalue weighted by molar-refractivity contribution is -0.236. The molecule has 0 unspecified atom stereocenters. The second-order valence-corrected chi connectivity index (χ2v) is 3.23. The molecule has 82 valence electrons. The molecule has 0 aliphatic carbocycles. The summed E-state index contributed by atoms with van der Waals surface area (Å²) >= 11 is 0. The zero-order chi connectivity index (χ0) is 11.4. The first-order chi connectivity index (χ1) is 7.81. The van der Waals surface area contributed by atoms with Gasteiger partial charge in [-0.2, -0.15) is 5.26 Å². The molecule has 0 fully saturated rings. The standard InChI is InChI=1S/C12H10O4/c13-12(16-14)8-15-11-7-3-5-9-4-1-2-6-10(9)11/h1-7,14H,8H2. The summed E-state index contributed by atoms with van der Waals surface area (Å²) in [6.45, 7) is -0.315. The minimum Gasteiger partial charge on any atom is -0.481 e. The highest BCUT2D eigenvalue weighted by Gasteiger charge is 2.05. The molecule has 16 heavy (non-hydrogen) atoms. The molecule has 1 N–H and O–H groups in total. The lowest BCUT2D eigenvalue weighted by atomic mass is 10.1. The third-order valence-corrected chi connectivity index (χ3v) is 2.20. The maximum atomic E-state index is 10.7. The van der Waals surface area contributed by atoms with Crippen LogP contribution in [-0.4, -0.2) is 17.8 Å². The van der Waals surface area contributed by atoms with Crippen LogP contribution in [0.1, 0.15) is 0 Å². The first-order valence-electron chi connectivity index (χ1n) is 4.76. The van der Waals surface area contributed by atoms with Gasteiger partial charge in [0.05, 0.1) is 0 Å². The first-order valence-corrected chi connectivity index (χ1v) is 4.76. The summed E-state index contributed by atoms with van der Waals surface area (Å²) in [5.74, 6) is -0.239. The van der Waals surface area contributed by atoms with Crippen LogP contribution in [-0.2, 0) is 9.68 Å². The van der Waals surface area contributed by atoms with E-state index in [2.05, 4.69) is 4.89 Å². The Kier molecular flexibility index (Phi) is 3.03. The number of fused-ring (bicyclic) bond motifs is 1. The van der Waals surface area contributed by atoms with E-state index < -0.39 is 5.97 Å². The van der Waals surface area contributed by atoms with Crippen LogP contribution in [0.3, 0.4) is 0 Å². The zero-order valence-electron chi connectivity index (χ0n) is 8.42. The van der Waals surface area contributed by atoms with E-state index in [1.165, 1.54) is 0 Å². The van der Waals surface area contributed by atoms with Crippen LogP contribution in [0.15, 0.2) is 42.5 Å². The average Bonchev–Trinajstić information content (AvgIpc) is 2.35. The van der Waals surface area contributed by atoms with Crippen molar-refractivity contribution in [3.63, 3.8) is 0 Å². The van der Waals surface area contributed by atoms with Gasteiger partial charge in [-0.1, -0.05) is 36.4 Å². The summed E-state index contributed by atoms with van der Waals surface area (Å²) in [6, 6.07) is 13.2. The van der Waals surface area contributed by atoms with E-state index in [-0.39, 0.29) is 6.61 Å². The predicted molar refractivity (Wildman–Crippen MR) is 58.2 cm³/mol. The van der Waals surface area contributed by atoms with Crippen LogP contribution >= 0.6 is 0 Å². The van der Waals surface area contributed by atoms with Crippen molar-refractivity contribution in [3.8, 4) is 5.75 Å². The van der Waals surface area contributed by atoms with E-state index in [0.717, 1.165) is 10.8 Å². The minimum atomic E-state index is -0.826. The van der Waals surface area contributed by atoms with E-state index in [0.29, 0.717) is 5.75 Å². The third kappa shape index (κ3) is 2.12. The Morgan fingerprint density at radius 1 is 1.12 bits per heavy atom. The molecule has 0 aliphatic heterocycles. The molecule has 2 aromatic carbocycles. The summed E-state index contributed by atoms with van der Waals surface area (Å²) in [4.78, 5) is 14.2. The Hall–Kier alpha value is -2.07. The summed E-state index contributed by atoms with van der Waals surface area (Å²) in [6.07, 6.45) is 0. The van der Waals surface area contributed by atoms with Gasteiger partial charge in [-0.25, -0.2) is 4.79 Å². The Morgan fingerprint density at radius 2 is 1.88 bits per heavy atom. The molecule has 2 aromatic rings. The van der Waals surface area contributed by atoms with Gasteiger partial charge in [-0.05, 0) is 11.5 Å². The molecule has 0 aromatic heterocycles. The molecular formula is C12H10O4. The highest BCUT2D eigenvalue weighted by molar-refractivity contribution is 5.88. The van der Waals surface area contributed by atoms with E-state index in [4.69, 9.17) is 9.99 Å². The zero-order valence-corrected chi connectivity index (χ0v) is 8.42. The molecule has 0 bridgehead atoms. The Bertz CT molecular complexity index is 502. The summed E-state index contributed by atoms with van der Waals surface area (Å²) in [5, 5.41) is 10.0.